The normalized spacial score (nSPS) is 10.3. The van der Waals surface area contributed by atoms with Gasteiger partial charge in [-0.15, -0.1) is 0 Å². The van der Waals surface area contributed by atoms with Gasteiger partial charge in [0.15, 0.2) is 0 Å². The maximum absolute atomic E-state index is 12.2. The van der Waals surface area contributed by atoms with Crippen molar-refractivity contribution in [1.82, 2.24) is 10.9 Å². The van der Waals surface area contributed by atoms with Gasteiger partial charge in [-0.2, -0.15) is 0 Å². The van der Waals surface area contributed by atoms with E-state index in [0.29, 0.717) is 17.2 Å². The van der Waals surface area contributed by atoms with Gasteiger partial charge in [-0.3, -0.25) is 20.4 Å². The van der Waals surface area contributed by atoms with Crippen molar-refractivity contribution in [2.24, 2.45) is 0 Å². The van der Waals surface area contributed by atoms with Crippen LogP contribution in [-0.2, 0) is 4.79 Å². The van der Waals surface area contributed by atoms with Crippen molar-refractivity contribution in [2.45, 2.75) is 0 Å². The van der Waals surface area contributed by atoms with Gasteiger partial charge in [0.05, 0.1) is 21.3 Å². The zero-order chi connectivity index (χ0) is 18.9. The molecule has 0 aliphatic heterocycles. The summed E-state index contributed by atoms with van der Waals surface area (Å²) in [5.74, 6) is 0.596. The molecule has 0 saturated heterocycles. The van der Waals surface area contributed by atoms with Crippen molar-refractivity contribution in [3.63, 3.8) is 0 Å². The van der Waals surface area contributed by atoms with Crippen LogP contribution < -0.4 is 25.1 Å². The summed E-state index contributed by atoms with van der Waals surface area (Å²) in [6, 6.07) is 12.0. The molecule has 0 unspecified atom stereocenters. The van der Waals surface area contributed by atoms with Crippen LogP contribution in [0.5, 0.6) is 17.2 Å². The predicted molar refractivity (Wildman–Crippen MR) is 97.2 cm³/mol. The Morgan fingerprint density at radius 1 is 0.885 bits per heavy atom. The molecule has 7 nitrogen and oxygen atoms in total. The number of benzene rings is 2. The quantitative estimate of drug-likeness (QED) is 0.612. The molecule has 0 heterocycles. The van der Waals surface area contributed by atoms with E-state index in [1.165, 1.54) is 32.4 Å². The fourth-order valence-corrected chi connectivity index (χ4v) is 2.14. The summed E-state index contributed by atoms with van der Waals surface area (Å²) in [4.78, 5) is 24.1. The molecule has 0 saturated carbocycles. The van der Waals surface area contributed by atoms with E-state index in [4.69, 9.17) is 14.2 Å². The summed E-state index contributed by atoms with van der Waals surface area (Å²) in [5, 5.41) is 0. The highest BCUT2D eigenvalue weighted by atomic mass is 16.5. The fourth-order valence-electron chi connectivity index (χ4n) is 2.14. The first kappa shape index (κ1) is 18.9. The summed E-state index contributed by atoms with van der Waals surface area (Å²) in [6.07, 6.45) is 2.89. The Balaban J connectivity index is 1.98. The Morgan fingerprint density at radius 3 is 2.15 bits per heavy atom. The smallest absolute Gasteiger partial charge is 0.269 e. The molecule has 7 heteroatoms. The largest absolute Gasteiger partial charge is 0.497 e. The van der Waals surface area contributed by atoms with Gasteiger partial charge < -0.3 is 14.2 Å². The van der Waals surface area contributed by atoms with Crippen molar-refractivity contribution >= 4 is 17.9 Å². The van der Waals surface area contributed by atoms with Gasteiger partial charge in [-0.25, -0.2) is 0 Å². The Kier molecular flexibility index (Phi) is 6.61. The molecular formula is C19H20N2O5. The number of carbonyl (C=O) groups excluding carboxylic acids is 2. The number of hydrogen-bond acceptors (Lipinski definition) is 5. The van der Waals surface area contributed by atoms with E-state index in [9.17, 15) is 9.59 Å². The second-order valence-corrected chi connectivity index (χ2v) is 5.12. The minimum Gasteiger partial charge on any atom is -0.497 e. The number of para-hydroxylation sites is 1. The molecule has 2 rings (SSSR count). The molecule has 136 valence electrons. The maximum Gasteiger partial charge on any atom is 0.269 e. The Hall–Kier alpha value is -3.48. The van der Waals surface area contributed by atoms with Crippen molar-refractivity contribution in [3.05, 3.63) is 59.7 Å². The molecular weight excluding hydrogens is 336 g/mol. The highest BCUT2D eigenvalue weighted by Crippen LogP contribution is 2.22. The number of hydrazine groups is 1. The van der Waals surface area contributed by atoms with E-state index in [1.807, 2.05) is 18.2 Å². The Morgan fingerprint density at radius 2 is 1.54 bits per heavy atom. The van der Waals surface area contributed by atoms with Gasteiger partial charge in [0.2, 0.25) is 0 Å². The number of carbonyl (C=O) groups is 2. The molecule has 0 radical (unpaired) electrons. The molecule has 2 aromatic carbocycles. The van der Waals surface area contributed by atoms with Crippen LogP contribution in [0.4, 0.5) is 0 Å². The highest BCUT2D eigenvalue weighted by Gasteiger charge is 2.10. The molecule has 0 spiro atoms. The molecule has 2 amide bonds. The predicted octanol–water partition coefficient (Wildman–Crippen LogP) is 2.19. The van der Waals surface area contributed by atoms with Crippen molar-refractivity contribution in [3.8, 4) is 17.2 Å². The van der Waals surface area contributed by atoms with Gasteiger partial charge in [-0.05, 0) is 24.3 Å². The summed E-state index contributed by atoms with van der Waals surface area (Å²) in [6.45, 7) is 0. The van der Waals surface area contributed by atoms with E-state index in [-0.39, 0.29) is 5.56 Å². The summed E-state index contributed by atoms with van der Waals surface area (Å²) < 4.78 is 15.4. The number of rotatable bonds is 6. The van der Waals surface area contributed by atoms with Crippen LogP contribution >= 0.6 is 0 Å². The molecule has 0 aliphatic carbocycles. The summed E-state index contributed by atoms with van der Waals surface area (Å²) >= 11 is 0. The maximum atomic E-state index is 12.2. The van der Waals surface area contributed by atoms with Gasteiger partial charge in [0.1, 0.15) is 17.2 Å². The zero-order valence-electron chi connectivity index (χ0n) is 14.7. The van der Waals surface area contributed by atoms with Crippen molar-refractivity contribution in [2.75, 3.05) is 21.3 Å². The lowest BCUT2D eigenvalue weighted by atomic mass is 10.2. The van der Waals surface area contributed by atoms with Crippen LogP contribution in [-0.4, -0.2) is 33.1 Å². The first-order valence-corrected chi connectivity index (χ1v) is 7.72. The third-order valence-corrected chi connectivity index (χ3v) is 3.47. The molecule has 0 aromatic heterocycles. The molecule has 2 N–H and O–H groups in total. The average Bonchev–Trinajstić information content (AvgIpc) is 2.69. The lowest BCUT2D eigenvalue weighted by Crippen LogP contribution is -2.40. The number of ether oxygens (including phenoxy) is 3. The minimum absolute atomic E-state index is 0.287. The van der Waals surface area contributed by atoms with Crippen LogP contribution in [0.2, 0.25) is 0 Å². The molecule has 0 bridgehead atoms. The second kappa shape index (κ2) is 9.12. The number of methoxy groups -OCH3 is 3. The standard InChI is InChI=1S/C19H20N2O5/c1-24-15-10-14(11-16(12-15)25-2)19(23)21-20-18(22)9-8-13-6-4-5-7-17(13)26-3/h4-12H,1-3H3,(H,20,22)(H,21,23)/b9-8+. The lowest BCUT2D eigenvalue weighted by molar-refractivity contribution is -0.117. The van der Waals surface area contributed by atoms with Crippen LogP contribution in [0.15, 0.2) is 48.5 Å². The SMILES string of the molecule is COc1cc(OC)cc(C(=O)NNC(=O)/C=C/c2ccccc2OC)c1. The minimum atomic E-state index is -0.499. The zero-order valence-corrected chi connectivity index (χ0v) is 14.7. The van der Waals surface area contributed by atoms with Crippen molar-refractivity contribution in [1.29, 1.82) is 0 Å². The Labute approximate surface area is 151 Å². The third kappa shape index (κ3) is 5.01. The van der Waals surface area contributed by atoms with Gasteiger partial charge >= 0.3 is 0 Å². The van der Waals surface area contributed by atoms with Crippen molar-refractivity contribution < 1.29 is 23.8 Å². The van der Waals surface area contributed by atoms with E-state index < -0.39 is 11.8 Å². The first-order chi connectivity index (χ1) is 12.6. The van der Waals surface area contributed by atoms with Gasteiger partial charge in [-0.1, -0.05) is 18.2 Å². The van der Waals surface area contributed by atoms with Crippen LogP contribution in [0.1, 0.15) is 15.9 Å². The van der Waals surface area contributed by atoms with Gasteiger partial charge in [0, 0.05) is 23.3 Å². The molecule has 26 heavy (non-hydrogen) atoms. The average molecular weight is 356 g/mol. The highest BCUT2D eigenvalue weighted by molar-refractivity contribution is 5.98. The molecule has 0 atom stereocenters. The monoisotopic (exact) mass is 356 g/mol. The summed E-state index contributed by atoms with van der Waals surface area (Å²) in [7, 11) is 4.52. The van der Waals surface area contributed by atoms with E-state index in [1.54, 1.807) is 25.3 Å². The number of nitrogens with one attached hydrogen (secondary N) is 2. The number of hydrogen-bond donors (Lipinski definition) is 2. The number of amides is 2. The van der Waals surface area contributed by atoms with E-state index in [2.05, 4.69) is 10.9 Å². The molecule has 0 aliphatic rings. The second-order valence-electron chi connectivity index (χ2n) is 5.12. The molecule has 0 fully saturated rings. The fraction of sp³-hybridized carbons (Fsp3) is 0.158. The third-order valence-electron chi connectivity index (χ3n) is 3.47. The van der Waals surface area contributed by atoms with E-state index >= 15 is 0 Å². The van der Waals surface area contributed by atoms with E-state index in [0.717, 1.165) is 5.56 Å². The molecule has 2 aromatic rings. The topological polar surface area (TPSA) is 85.9 Å². The van der Waals surface area contributed by atoms with Gasteiger partial charge in [0.25, 0.3) is 11.8 Å². The van der Waals surface area contributed by atoms with Crippen LogP contribution in [0, 0.1) is 0 Å². The van der Waals surface area contributed by atoms with Crippen LogP contribution in [0.3, 0.4) is 0 Å². The van der Waals surface area contributed by atoms with Crippen LogP contribution in [0.25, 0.3) is 6.08 Å². The first-order valence-electron chi connectivity index (χ1n) is 7.72. The Bertz CT molecular complexity index is 795. The summed E-state index contributed by atoms with van der Waals surface area (Å²) in [5.41, 5.74) is 5.68. The lowest BCUT2D eigenvalue weighted by Gasteiger charge is -2.09.